The van der Waals surface area contributed by atoms with Crippen molar-refractivity contribution in [2.24, 2.45) is 11.8 Å². The predicted octanol–water partition coefficient (Wildman–Crippen LogP) is 16.2. The summed E-state index contributed by atoms with van der Waals surface area (Å²) in [6.45, 7) is 4.62. The van der Waals surface area contributed by atoms with Crippen LogP contribution < -0.4 is 0 Å². The zero-order valence-corrected chi connectivity index (χ0v) is 34.5. The fraction of sp³-hybridized carbons (Fsp3) is 0.745. The summed E-state index contributed by atoms with van der Waals surface area (Å²) in [5.74, 6) is 4.06. The molecule has 4 rings (SSSR count). The van der Waals surface area contributed by atoms with Crippen LogP contribution >= 0.6 is 0 Å². The normalized spacial score (nSPS) is 20.7. The molecule has 0 unspecified atom stereocenters. The zero-order chi connectivity index (χ0) is 36.5. The lowest BCUT2D eigenvalue weighted by Crippen LogP contribution is -2.13. The summed E-state index contributed by atoms with van der Waals surface area (Å²) in [5, 5.41) is 0. The Balaban J connectivity index is 0.939. The quantitative estimate of drug-likeness (QED) is 0.0804. The number of aryl methyl sites for hydroxylation is 2. The highest BCUT2D eigenvalue weighted by molar-refractivity contribution is 5.78. The first kappa shape index (κ1) is 42.8. The second-order valence-corrected chi connectivity index (χ2v) is 17.7. The van der Waals surface area contributed by atoms with Crippen molar-refractivity contribution in [2.75, 3.05) is 0 Å². The molecule has 0 atom stereocenters. The highest BCUT2D eigenvalue weighted by atomic mass is 16.1. The van der Waals surface area contributed by atoms with E-state index in [-0.39, 0.29) is 0 Å². The van der Waals surface area contributed by atoms with Crippen LogP contribution in [0.4, 0.5) is 0 Å². The molecule has 2 aliphatic rings. The second-order valence-electron chi connectivity index (χ2n) is 17.7. The van der Waals surface area contributed by atoms with E-state index in [4.69, 9.17) is 0 Å². The van der Waals surface area contributed by atoms with Gasteiger partial charge < -0.3 is 0 Å². The lowest BCUT2D eigenvalue weighted by Gasteiger charge is -2.29. The highest BCUT2D eigenvalue weighted by Crippen LogP contribution is 2.39. The molecule has 2 aromatic rings. The van der Waals surface area contributed by atoms with Crippen molar-refractivity contribution in [3.8, 4) is 0 Å². The second kappa shape index (κ2) is 26.8. The minimum Gasteiger partial charge on any atom is -0.300 e. The van der Waals surface area contributed by atoms with Gasteiger partial charge >= 0.3 is 0 Å². The molecule has 1 nitrogen and oxygen atoms in total. The summed E-state index contributed by atoms with van der Waals surface area (Å²) in [7, 11) is 0. The molecule has 0 N–H and O–H groups in total. The number of carbonyl (C=O) groups is 1. The van der Waals surface area contributed by atoms with E-state index in [0.29, 0.717) is 5.78 Å². The molecular weight excluding hydrogens is 629 g/mol. The molecular formula is C51H82O. The predicted molar refractivity (Wildman–Crippen MR) is 228 cm³/mol. The van der Waals surface area contributed by atoms with Gasteiger partial charge in [0.15, 0.2) is 0 Å². The fourth-order valence-corrected chi connectivity index (χ4v) is 9.69. The van der Waals surface area contributed by atoms with Gasteiger partial charge in [0.1, 0.15) is 5.78 Å². The van der Waals surface area contributed by atoms with Crippen molar-refractivity contribution in [3.63, 3.8) is 0 Å². The standard InChI is InChI=1S/C51H82O/c1-3-5-7-9-15-21-43-27-35-47(36-28-43)49-39-31-45(32-40-49)23-17-11-13-19-25-51(52)26-20-14-12-18-24-46-33-41-50(42-34-46)48-37-29-44(30-38-48)22-16-10-8-6-4-2/h31-34,39-44,47-48H,3-30,35-38H2,1-2H3/t43-,44?,47-,48?. The number of hydrogen-bond acceptors (Lipinski definition) is 1. The Hall–Kier alpha value is -1.89. The molecule has 2 fully saturated rings. The molecule has 0 aliphatic heterocycles. The van der Waals surface area contributed by atoms with Crippen LogP contribution in [0.1, 0.15) is 241 Å². The summed E-state index contributed by atoms with van der Waals surface area (Å²) >= 11 is 0. The molecule has 0 radical (unpaired) electrons. The van der Waals surface area contributed by atoms with Crippen LogP contribution in [0.15, 0.2) is 48.5 Å². The Morgan fingerprint density at radius 3 is 1.15 bits per heavy atom. The summed E-state index contributed by atoms with van der Waals surface area (Å²) < 4.78 is 0. The number of ketones is 1. The van der Waals surface area contributed by atoms with Gasteiger partial charge in [-0.1, -0.05) is 165 Å². The first-order chi connectivity index (χ1) is 25.6. The largest absolute Gasteiger partial charge is 0.300 e. The minimum atomic E-state index is 0.494. The molecule has 2 aromatic carbocycles. The van der Waals surface area contributed by atoms with Gasteiger partial charge in [-0.05, 0) is 136 Å². The van der Waals surface area contributed by atoms with Crippen LogP contribution in [-0.4, -0.2) is 5.78 Å². The van der Waals surface area contributed by atoms with Crippen LogP contribution in [0, 0.1) is 11.8 Å². The van der Waals surface area contributed by atoms with Crippen molar-refractivity contribution >= 4 is 5.78 Å². The third-order valence-corrected chi connectivity index (χ3v) is 13.4. The topological polar surface area (TPSA) is 17.1 Å². The van der Waals surface area contributed by atoms with E-state index in [9.17, 15) is 4.79 Å². The lowest BCUT2D eigenvalue weighted by molar-refractivity contribution is -0.119. The Morgan fingerprint density at radius 2 is 0.769 bits per heavy atom. The number of unbranched alkanes of at least 4 members (excludes halogenated alkanes) is 14. The zero-order valence-electron chi connectivity index (χ0n) is 34.5. The SMILES string of the molecule is CCCCCCCC1CCC(c2ccc(CCCCCCC(=O)CCCCCCc3ccc([C@H]4CC[C@H](CCCCCCC)CC4)cc3)cc2)CC1. The minimum absolute atomic E-state index is 0.494. The van der Waals surface area contributed by atoms with E-state index in [2.05, 4.69) is 62.4 Å². The van der Waals surface area contributed by atoms with Gasteiger partial charge in [0.25, 0.3) is 0 Å². The Kier molecular flexibility index (Phi) is 22.1. The van der Waals surface area contributed by atoms with Crippen molar-refractivity contribution < 1.29 is 4.79 Å². The molecule has 2 saturated carbocycles. The molecule has 0 bridgehead atoms. The number of hydrogen-bond donors (Lipinski definition) is 0. The van der Waals surface area contributed by atoms with E-state index in [1.54, 1.807) is 11.1 Å². The molecule has 0 spiro atoms. The van der Waals surface area contributed by atoms with Crippen LogP contribution in [0.5, 0.6) is 0 Å². The number of Topliss-reactive ketones (excluding diaryl/α,β-unsaturated/α-hetero) is 1. The average Bonchev–Trinajstić information content (AvgIpc) is 3.18. The highest BCUT2D eigenvalue weighted by Gasteiger charge is 2.23. The Labute approximate surface area is 323 Å². The molecule has 0 heterocycles. The average molecular weight is 711 g/mol. The summed E-state index contributed by atoms with van der Waals surface area (Å²) in [6.07, 6.45) is 42.0. The number of rotatable bonds is 28. The Morgan fingerprint density at radius 1 is 0.423 bits per heavy atom. The maximum absolute atomic E-state index is 12.5. The van der Waals surface area contributed by atoms with Gasteiger partial charge in [-0.15, -0.1) is 0 Å². The number of benzene rings is 2. The summed E-state index contributed by atoms with van der Waals surface area (Å²) in [6, 6.07) is 19.3. The van der Waals surface area contributed by atoms with Crippen molar-refractivity contribution in [1.82, 2.24) is 0 Å². The van der Waals surface area contributed by atoms with Gasteiger partial charge in [0, 0.05) is 12.8 Å². The lowest BCUT2D eigenvalue weighted by atomic mass is 9.77. The maximum Gasteiger partial charge on any atom is 0.132 e. The molecule has 52 heavy (non-hydrogen) atoms. The van der Waals surface area contributed by atoms with Gasteiger partial charge in [0.05, 0.1) is 0 Å². The van der Waals surface area contributed by atoms with Gasteiger partial charge in [-0.2, -0.15) is 0 Å². The van der Waals surface area contributed by atoms with Crippen molar-refractivity contribution in [1.29, 1.82) is 0 Å². The summed E-state index contributed by atoms with van der Waals surface area (Å²) in [5.41, 5.74) is 6.15. The van der Waals surface area contributed by atoms with E-state index in [0.717, 1.165) is 49.4 Å². The maximum atomic E-state index is 12.5. The summed E-state index contributed by atoms with van der Waals surface area (Å²) in [4.78, 5) is 12.5. The molecule has 2 aliphatic carbocycles. The van der Waals surface area contributed by atoms with Crippen LogP contribution in [-0.2, 0) is 17.6 Å². The van der Waals surface area contributed by atoms with Crippen LogP contribution in [0.3, 0.4) is 0 Å². The molecule has 0 aromatic heterocycles. The van der Waals surface area contributed by atoms with E-state index in [1.165, 1.54) is 191 Å². The molecule has 0 saturated heterocycles. The van der Waals surface area contributed by atoms with Gasteiger partial charge in [-0.3, -0.25) is 4.79 Å². The third-order valence-electron chi connectivity index (χ3n) is 13.4. The van der Waals surface area contributed by atoms with Crippen LogP contribution in [0.25, 0.3) is 0 Å². The van der Waals surface area contributed by atoms with E-state index >= 15 is 0 Å². The van der Waals surface area contributed by atoms with Crippen LogP contribution in [0.2, 0.25) is 0 Å². The molecule has 1 heteroatoms. The first-order valence-electron chi connectivity index (χ1n) is 23.3. The van der Waals surface area contributed by atoms with E-state index < -0.39 is 0 Å². The smallest absolute Gasteiger partial charge is 0.132 e. The van der Waals surface area contributed by atoms with Gasteiger partial charge in [-0.25, -0.2) is 0 Å². The third kappa shape index (κ3) is 17.5. The molecule has 0 amide bonds. The van der Waals surface area contributed by atoms with Crippen molar-refractivity contribution in [2.45, 2.75) is 231 Å². The Bertz CT molecular complexity index is 1050. The fourth-order valence-electron chi connectivity index (χ4n) is 9.69. The monoisotopic (exact) mass is 711 g/mol. The molecule has 292 valence electrons. The van der Waals surface area contributed by atoms with E-state index in [1.807, 2.05) is 0 Å². The number of carbonyl (C=O) groups excluding carboxylic acids is 1. The van der Waals surface area contributed by atoms with Gasteiger partial charge in [0.2, 0.25) is 0 Å². The van der Waals surface area contributed by atoms with Crippen molar-refractivity contribution in [3.05, 3.63) is 70.8 Å². The first-order valence-corrected chi connectivity index (χ1v) is 23.3.